The van der Waals surface area contributed by atoms with E-state index in [2.05, 4.69) is 4.98 Å². The maximum atomic E-state index is 15.3. The molecule has 0 bridgehead atoms. The summed E-state index contributed by atoms with van der Waals surface area (Å²) in [7, 11) is -2.80. The van der Waals surface area contributed by atoms with Crippen LogP contribution >= 0.6 is 11.3 Å². The van der Waals surface area contributed by atoms with Gasteiger partial charge in [-0.2, -0.15) is 0 Å². The number of benzene rings is 1. The Morgan fingerprint density at radius 2 is 2.11 bits per heavy atom. The number of hydrogen-bond donors (Lipinski definition) is 1. The number of nitrogens with one attached hydrogen (secondary N) is 1. The predicted molar refractivity (Wildman–Crippen MR) is 130 cm³/mol. The van der Waals surface area contributed by atoms with Crippen molar-refractivity contribution in [2.45, 2.75) is 43.4 Å². The number of carbonyl (C=O) groups excluding carboxylic acids is 1. The van der Waals surface area contributed by atoms with Crippen molar-refractivity contribution in [1.82, 2.24) is 14.3 Å². The Morgan fingerprint density at radius 3 is 2.83 bits per heavy atom. The van der Waals surface area contributed by atoms with Crippen molar-refractivity contribution in [2.75, 3.05) is 20.3 Å². The average Bonchev–Trinajstić information content (AvgIpc) is 3.49. The van der Waals surface area contributed by atoms with E-state index in [1.807, 2.05) is 29.3 Å². The van der Waals surface area contributed by atoms with Crippen molar-refractivity contribution in [1.29, 1.82) is 0 Å². The van der Waals surface area contributed by atoms with Crippen LogP contribution in [-0.4, -0.2) is 44.4 Å². The van der Waals surface area contributed by atoms with Gasteiger partial charge in [0, 0.05) is 41.9 Å². The van der Waals surface area contributed by atoms with Gasteiger partial charge in [-0.3, -0.25) is 0 Å². The van der Waals surface area contributed by atoms with E-state index in [1.165, 1.54) is 13.2 Å². The largest absolute Gasteiger partial charge is 0.446 e. The highest BCUT2D eigenvalue weighted by Crippen LogP contribution is 2.39. The Morgan fingerprint density at radius 1 is 1.31 bits per heavy atom. The van der Waals surface area contributed by atoms with Crippen molar-refractivity contribution in [3.8, 4) is 11.1 Å². The van der Waals surface area contributed by atoms with Crippen LogP contribution in [0.3, 0.4) is 0 Å². The number of halogens is 1. The van der Waals surface area contributed by atoms with Gasteiger partial charge in [-0.25, -0.2) is 27.3 Å². The summed E-state index contributed by atoms with van der Waals surface area (Å²) in [6.07, 6.45) is 4.64. The lowest BCUT2D eigenvalue weighted by Gasteiger charge is -2.15. The van der Waals surface area contributed by atoms with E-state index in [0.29, 0.717) is 23.1 Å². The fourth-order valence-electron chi connectivity index (χ4n) is 4.23. The van der Waals surface area contributed by atoms with Crippen LogP contribution in [0, 0.1) is 11.7 Å². The molecule has 0 radical (unpaired) electrons. The second kappa shape index (κ2) is 10.5. The molecule has 1 aliphatic rings. The highest BCUT2D eigenvalue weighted by molar-refractivity contribution is 7.92. The zero-order valence-electron chi connectivity index (χ0n) is 19.8. The van der Waals surface area contributed by atoms with Crippen LogP contribution < -0.4 is 4.72 Å². The van der Waals surface area contributed by atoms with E-state index < -0.39 is 21.9 Å². The maximum Gasteiger partial charge on any atom is 0.421 e. The van der Waals surface area contributed by atoms with Crippen molar-refractivity contribution < 1.29 is 27.1 Å². The summed E-state index contributed by atoms with van der Waals surface area (Å²) in [5, 5.41) is 0. The number of imidazole rings is 1. The number of amides is 1. The van der Waals surface area contributed by atoms with Crippen LogP contribution in [0.25, 0.3) is 11.1 Å². The normalized spacial score (nSPS) is 15.4. The molecule has 0 saturated carbocycles. The molecule has 1 atom stereocenters. The quantitative estimate of drug-likeness (QED) is 0.415. The van der Waals surface area contributed by atoms with Gasteiger partial charge in [0.25, 0.3) is 10.0 Å². The van der Waals surface area contributed by atoms with Gasteiger partial charge in [0.15, 0.2) is 0 Å². The Labute approximate surface area is 208 Å². The number of aryl methyl sites for hydroxylation is 1. The zero-order chi connectivity index (χ0) is 25.2. The van der Waals surface area contributed by atoms with Crippen LogP contribution in [0.15, 0.2) is 40.9 Å². The Balaban J connectivity index is 1.67. The number of sulfonamides is 1. The summed E-state index contributed by atoms with van der Waals surface area (Å²) < 4.78 is 55.1. The second-order valence-corrected chi connectivity index (χ2v) is 11.8. The number of hydrogen-bond acceptors (Lipinski definition) is 7. The van der Waals surface area contributed by atoms with E-state index in [1.54, 1.807) is 24.4 Å². The monoisotopic (exact) mass is 521 g/mol. The van der Waals surface area contributed by atoms with E-state index in [0.717, 1.165) is 34.9 Å². The summed E-state index contributed by atoms with van der Waals surface area (Å²) in [5.41, 5.74) is 1.31. The van der Waals surface area contributed by atoms with E-state index in [4.69, 9.17) is 9.47 Å². The molecular formula is C24H28FN3O5S2. The molecule has 4 rings (SSSR count). The lowest BCUT2D eigenvalue weighted by molar-refractivity contribution is 0.102. The molecule has 3 aromatic rings. The van der Waals surface area contributed by atoms with Crippen LogP contribution in [-0.2, 0) is 32.3 Å². The standard InChI is InChI=1S/C24H28FN3O5S2/c1-15(2)12-17-14-19(23(34-17)35(30,31)27-24(29)33-11-10-32-3)16-4-5-18(20(25)13-16)21-6-7-22-26-8-9-28(21)22/h4-5,8-9,13-15,21H,6-7,10-12H2,1-3H3,(H,27,29)/t21-/m0/s1. The summed E-state index contributed by atoms with van der Waals surface area (Å²) in [6, 6.07) is 6.40. The summed E-state index contributed by atoms with van der Waals surface area (Å²) in [6.45, 7) is 4.11. The lowest BCUT2D eigenvalue weighted by Crippen LogP contribution is -2.31. The summed E-state index contributed by atoms with van der Waals surface area (Å²) in [4.78, 5) is 17.2. The van der Waals surface area contributed by atoms with Gasteiger partial charge >= 0.3 is 6.09 Å². The molecule has 0 saturated heterocycles. The molecule has 1 amide bonds. The highest BCUT2D eigenvalue weighted by atomic mass is 32.2. The Hall–Kier alpha value is -2.76. The molecule has 11 heteroatoms. The number of rotatable bonds is 9. The van der Waals surface area contributed by atoms with Gasteiger partial charge in [0.05, 0.1) is 12.6 Å². The van der Waals surface area contributed by atoms with Gasteiger partial charge in [-0.1, -0.05) is 26.0 Å². The van der Waals surface area contributed by atoms with Gasteiger partial charge in [0.2, 0.25) is 0 Å². The van der Waals surface area contributed by atoms with Crippen LogP contribution in [0.2, 0.25) is 0 Å². The van der Waals surface area contributed by atoms with E-state index >= 15 is 4.39 Å². The van der Waals surface area contributed by atoms with Crippen LogP contribution in [0.4, 0.5) is 9.18 Å². The first-order valence-corrected chi connectivity index (χ1v) is 13.6. The molecule has 0 spiro atoms. The zero-order valence-corrected chi connectivity index (χ0v) is 21.4. The number of carbonyl (C=O) groups is 1. The number of fused-ring (bicyclic) bond motifs is 1. The third kappa shape index (κ3) is 5.57. The molecule has 1 N–H and O–H groups in total. The fraction of sp³-hybridized carbons (Fsp3) is 0.417. The first-order chi connectivity index (χ1) is 16.7. The van der Waals surface area contributed by atoms with Crippen molar-refractivity contribution in [2.24, 2.45) is 5.92 Å². The minimum absolute atomic E-state index is 0.0539. The van der Waals surface area contributed by atoms with Gasteiger partial charge < -0.3 is 14.0 Å². The maximum absolute atomic E-state index is 15.3. The number of aromatic nitrogens is 2. The van der Waals surface area contributed by atoms with Gasteiger partial charge in [0.1, 0.15) is 22.5 Å². The first-order valence-electron chi connectivity index (χ1n) is 11.3. The Kier molecular flexibility index (Phi) is 7.58. The van der Waals surface area contributed by atoms with Crippen molar-refractivity contribution >= 4 is 27.5 Å². The molecule has 35 heavy (non-hydrogen) atoms. The molecule has 0 unspecified atom stereocenters. The lowest BCUT2D eigenvalue weighted by atomic mass is 9.99. The second-order valence-electron chi connectivity index (χ2n) is 8.79. The first kappa shape index (κ1) is 25.3. The van der Waals surface area contributed by atoms with E-state index in [9.17, 15) is 13.2 Å². The fourth-order valence-corrected chi connectivity index (χ4v) is 7.07. The molecule has 1 aromatic carbocycles. The minimum atomic E-state index is -4.24. The SMILES string of the molecule is COCCOC(=O)NS(=O)(=O)c1sc(CC(C)C)cc1-c1ccc([C@@H]2CCc3nccn32)c(F)c1. The molecule has 188 valence electrons. The number of methoxy groups -OCH3 is 1. The molecule has 0 fully saturated rings. The third-order valence-electron chi connectivity index (χ3n) is 5.74. The Bertz CT molecular complexity index is 1320. The van der Waals surface area contributed by atoms with Crippen molar-refractivity contribution in [3.05, 3.63) is 58.7 Å². The van der Waals surface area contributed by atoms with Crippen LogP contribution in [0.5, 0.6) is 0 Å². The van der Waals surface area contributed by atoms with Crippen LogP contribution in [0.1, 0.15) is 42.6 Å². The van der Waals surface area contributed by atoms with Gasteiger partial charge in [-0.15, -0.1) is 11.3 Å². The average molecular weight is 522 g/mol. The molecule has 3 heterocycles. The highest BCUT2D eigenvalue weighted by Gasteiger charge is 2.29. The topological polar surface area (TPSA) is 99.5 Å². The number of ether oxygens (including phenoxy) is 2. The summed E-state index contributed by atoms with van der Waals surface area (Å²) >= 11 is 1.07. The third-order valence-corrected chi connectivity index (χ3v) is 8.74. The summed E-state index contributed by atoms with van der Waals surface area (Å²) in [5.74, 6) is 0.794. The molecule has 1 aliphatic heterocycles. The minimum Gasteiger partial charge on any atom is -0.446 e. The molecular weight excluding hydrogens is 493 g/mol. The smallest absolute Gasteiger partial charge is 0.421 e. The molecule has 2 aromatic heterocycles. The number of thiophene rings is 1. The molecule has 8 nitrogen and oxygen atoms in total. The number of nitrogens with zero attached hydrogens (tertiary/aromatic N) is 2. The van der Waals surface area contributed by atoms with E-state index in [-0.39, 0.29) is 29.4 Å². The predicted octanol–water partition coefficient (Wildman–Crippen LogP) is 4.55. The van der Waals surface area contributed by atoms with Gasteiger partial charge in [-0.05, 0) is 36.5 Å². The van der Waals surface area contributed by atoms with Crippen molar-refractivity contribution in [3.63, 3.8) is 0 Å². The molecule has 0 aliphatic carbocycles.